The molecule has 1 heterocycles. The highest BCUT2D eigenvalue weighted by Crippen LogP contribution is 2.06. The van der Waals surface area contributed by atoms with E-state index < -0.39 is 0 Å². The normalized spacial score (nSPS) is 11.3. The van der Waals surface area contributed by atoms with Crippen molar-refractivity contribution in [3.63, 3.8) is 0 Å². The lowest BCUT2D eigenvalue weighted by Gasteiger charge is -2.20. The smallest absolute Gasteiger partial charge is 0.0313 e. The third-order valence-corrected chi connectivity index (χ3v) is 2.40. The van der Waals surface area contributed by atoms with Crippen molar-refractivity contribution in [2.24, 2.45) is 5.73 Å². The molecule has 0 saturated heterocycles. The molecule has 0 aliphatic carbocycles. The van der Waals surface area contributed by atoms with E-state index in [0.717, 1.165) is 12.1 Å². The first-order valence-corrected chi connectivity index (χ1v) is 4.96. The van der Waals surface area contributed by atoms with Crippen LogP contribution in [0.5, 0.6) is 0 Å². The molecule has 78 valence electrons. The van der Waals surface area contributed by atoms with E-state index in [2.05, 4.69) is 36.8 Å². The third kappa shape index (κ3) is 3.09. The molecular formula is C11H19N3. The summed E-state index contributed by atoms with van der Waals surface area (Å²) in [4.78, 5) is 6.44. The molecule has 0 fully saturated rings. The molecule has 0 amide bonds. The van der Waals surface area contributed by atoms with Crippen LogP contribution in [0.2, 0.25) is 0 Å². The van der Waals surface area contributed by atoms with Crippen molar-refractivity contribution in [1.82, 2.24) is 9.88 Å². The maximum Gasteiger partial charge on any atom is 0.0313 e. The van der Waals surface area contributed by atoms with Crippen LogP contribution in [-0.4, -0.2) is 23.0 Å². The van der Waals surface area contributed by atoms with Gasteiger partial charge in [0.1, 0.15) is 0 Å². The van der Waals surface area contributed by atoms with Crippen LogP contribution in [0, 0.1) is 0 Å². The second-order valence-electron chi connectivity index (χ2n) is 3.91. The summed E-state index contributed by atoms with van der Waals surface area (Å²) in [5.74, 6) is 0. The lowest BCUT2D eigenvalue weighted by atomic mass is 10.2. The largest absolute Gasteiger partial charge is 0.326 e. The number of nitrogens with zero attached hydrogens (tertiary/aromatic N) is 2. The third-order valence-electron chi connectivity index (χ3n) is 2.40. The van der Waals surface area contributed by atoms with Gasteiger partial charge < -0.3 is 5.73 Å². The van der Waals surface area contributed by atoms with E-state index in [0.29, 0.717) is 12.6 Å². The summed E-state index contributed by atoms with van der Waals surface area (Å²) >= 11 is 0. The van der Waals surface area contributed by atoms with Crippen LogP contribution >= 0.6 is 0 Å². The molecule has 0 bridgehead atoms. The molecule has 0 aromatic carbocycles. The minimum absolute atomic E-state index is 0.552. The van der Waals surface area contributed by atoms with Gasteiger partial charge in [-0.05, 0) is 32.0 Å². The Morgan fingerprint density at radius 3 is 2.57 bits per heavy atom. The van der Waals surface area contributed by atoms with Crippen molar-refractivity contribution in [2.75, 3.05) is 7.05 Å². The number of hydrogen-bond donors (Lipinski definition) is 1. The first-order valence-electron chi connectivity index (χ1n) is 4.96. The van der Waals surface area contributed by atoms with Crippen molar-refractivity contribution in [3.8, 4) is 0 Å². The highest BCUT2D eigenvalue weighted by Gasteiger charge is 2.04. The zero-order valence-corrected chi connectivity index (χ0v) is 9.20. The van der Waals surface area contributed by atoms with Crippen LogP contribution in [0.25, 0.3) is 0 Å². The maximum absolute atomic E-state index is 5.56. The maximum atomic E-state index is 5.56. The standard InChI is InChI=1S/C11H19N3/c1-9(2)14(3)8-11-4-10(5-12)6-13-7-11/h4,6-7,9H,5,8,12H2,1-3H3. The average molecular weight is 193 g/mol. The lowest BCUT2D eigenvalue weighted by molar-refractivity contribution is 0.265. The Morgan fingerprint density at radius 2 is 2.00 bits per heavy atom. The Hall–Kier alpha value is -0.930. The molecule has 3 nitrogen and oxygen atoms in total. The van der Waals surface area contributed by atoms with Gasteiger partial charge in [-0.1, -0.05) is 6.07 Å². The van der Waals surface area contributed by atoms with E-state index >= 15 is 0 Å². The van der Waals surface area contributed by atoms with Gasteiger partial charge in [-0.25, -0.2) is 0 Å². The monoisotopic (exact) mass is 193 g/mol. The van der Waals surface area contributed by atoms with Crippen LogP contribution in [0.3, 0.4) is 0 Å². The summed E-state index contributed by atoms with van der Waals surface area (Å²) in [7, 11) is 2.11. The molecule has 14 heavy (non-hydrogen) atoms. The van der Waals surface area contributed by atoms with E-state index in [9.17, 15) is 0 Å². The molecule has 1 rings (SSSR count). The van der Waals surface area contributed by atoms with Gasteiger partial charge in [0.25, 0.3) is 0 Å². The van der Waals surface area contributed by atoms with Gasteiger partial charge in [0, 0.05) is 31.5 Å². The molecule has 3 heteroatoms. The van der Waals surface area contributed by atoms with Gasteiger partial charge in [-0.2, -0.15) is 0 Å². The molecule has 0 aliphatic heterocycles. The molecule has 0 aliphatic rings. The summed E-state index contributed by atoms with van der Waals surface area (Å²) in [6, 6.07) is 2.67. The summed E-state index contributed by atoms with van der Waals surface area (Å²) in [5.41, 5.74) is 7.88. The first-order chi connectivity index (χ1) is 6.63. The Balaban J connectivity index is 2.66. The van der Waals surface area contributed by atoms with Crippen molar-refractivity contribution >= 4 is 0 Å². The summed E-state index contributed by atoms with van der Waals surface area (Å²) in [5, 5.41) is 0. The van der Waals surface area contributed by atoms with Crippen molar-refractivity contribution in [1.29, 1.82) is 0 Å². The fourth-order valence-corrected chi connectivity index (χ4v) is 1.21. The molecular weight excluding hydrogens is 174 g/mol. The summed E-state index contributed by atoms with van der Waals surface area (Å²) in [6.45, 7) is 5.85. The number of pyridine rings is 1. The van der Waals surface area contributed by atoms with Crippen LogP contribution in [-0.2, 0) is 13.1 Å². The number of rotatable bonds is 4. The molecule has 2 N–H and O–H groups in total. The zero-order chi connectivity index (χ0) is 10.6. The van der Waals surface area contributed by atoms with Crippen LogP contribution in [0.1, 0.15) is 25.0 Å². The molecule has 0 saturated carbocycles. The van der Waals surface area contributed by atoms with Crippen molar-refractivity contribution in [3.05, 3.63) is 29.6 Å². The number of aromatic nitrogens is 1. The van der Waals surface area contributed by atoms with E-state index in [-0.39, 0.29) is 0 Å². The quantitative estimate of drug-likeness (QED) is 0.785. The molecule has 0 spiro atoms. The Labute approximate surface area is 85.9 Å². The van der Waals surface area contributed by atoms with Crippen LogP contribution < -0.4 is 5.73 Å². The lowest BCUT2D eigenvalue weighted by Crippen LogP contribution is -2.25. The van der Waals surface area contributed by atoms with Gasteiger partial charge in [-0.3, -0.25) is 9.88 Å². The molecule has 1 aromatic heterocycles. The van der Waals surface area contributed by atoms with Gasteiger partial charge in [0.05, 0.1) is 0 Å². The van der Waals surface area contributed by atoms with Crippen LogP contribution in [0.15, 0.2) is 18.5 Å². The van der Waals surface area contributed by atoms with Gasteiger partial charge in [-0.15, -0.1) is 0 Å². The Morgan fingerprint density at radius 1 is 1.36 bits per heavy atom. The minimum Gasteiger partial charge on any atom is -0.326 e. The molecule has 0 atom stereocenters. The Kier molecular flexibility index (Phi) is 4.04. The first kappa shape index (κ1) is 11.1. The number of nitrogens with two attached hydrogens (primary N) is 1. The summed E-state index contributed by atoms with van der Waals surface area (Å²) in [6.07, 6.45) is 3.72. The SMILES string of the molecule is CC(C)N(C)Cc1cncc(CN)c1. The van der Waals surface area contributed by atoms with Gasteiger partial charge in [0.15, 0.2) is 0 Å². The zero-order valence-electron chi connectivity index (χ0n) is 9.20. The van der Waals surface area contributed by atoms with E-state index in [1.807, 2.05) is 12.4 Å². The predicted molar refractivity (Wildman–Crippen MR) is 58.7 cm³/mol. The minimum atomic E-state index is 0.552. The number of hydrogen-bond acceptors (Lipinski definition) is 3. The highest BCUT2D eigenvalue weighted by molar-refractivity contribution is 5.17. The fraction of sp³-hybridized carbons (Fsp3) is 0.545. The molecule has 1 aromatic rings. The predicted octanol–water partition coefficient (Wildman–Crippen LogP) is 1.38. The molecule has 0 radical (unpaired) electrons. The topological polar surface area (TPSA) is 42.2 Å². The van der Waals surface area contributed by atoms with Crippen molar-refractivity contribution in [2.45, 2.75) is 33.0 Å². The van der Waals surface area contributed by atoms with Crippen molar-refractivity contribution < 1.29 is 0 Å². The molecule has 0 unspecified atom stereocenters. The van der Waals surface area contributed by atoms with E-state index in [1.165, 1.54) is 5.56 Å². The van der Waals surface area contributed by atoms with Gasteiger partial charge >= 0.3 is 0 Å². The fourth-order valence-electron chi connectivity index (χ4n) is 1.21. The average Bonchev–Trinajstić information content (AvgIpc) is 2.18. The second-order valence-corrected chi connectivity index (χ2v) is 3.91. The second kappa shape index (κ2) is 5.08. The van der Waals surface area contributed by atoms with Gasteiger partial charge in [0.2, 0.25) is 0 Å². The van der Waals surface area contributed by atoms with E-state index in [1.54, 1.807) is 0 Å². The summed E-state index contributed by atoms with van der Waals surface area (Å²) < 4.78 is 0. The Bertz CT molecular complexity index is 284. The van der Waals surface area contributed by atoms with Crippen LogP contribution in [0.4, 0.5) is 0 Å². The highest BCUT2D eigenvalue weighted by atomic mass is 15.1. The van der Waals surface area contributed by atoms with E-state index in [4.69, 9.17) is 5.73 Å².